The number of nitrogens with zero attached hydrogens (tertiary/aromatic N) is 2. The summed E-state index contributed by atoms with van der Waals surface area (Å²) in [6.45, 7) is 6.27. The summed E-state index contributed by atoms with van der Waals surface area (Å²) in [7, 11) is 0. The van der Waals surface area contributed by atoms with Gasteiger partial charge >= 0.3 is 0 Å². The molecular weight excluding hydrogens is 358 g/mol. The molecule has 150 valence electrons. The number of hydrogen-bond donors (Lipinski definition) is 1. The minimum Gasteiger partial charge on any atom is -0.378 e. The highest BCUT2D eigenvalue weighted by molar-refractivity contribution is 5.88. The molecule has 2 amide bonds. The molecule has 1 aromatic carbocycles. The fraction of sp³-hybridized carbons (Fsp3) is 0.476. The lowest BCUT2D eigenvalue weighted by Gasteiger charge is -2.31. The van der Waals surface area contributed by atoms with E-state index in [0.29, 0.717) is 44.2 Å². The van der Waals surface area contributed by atoms with Crippen LogP contribution in [-0.2, 0) is 20.7 Å². The molecule has 1 N–H and O–H groups in total. The molecule has 0 saturated carbocycles. The van der Waals surface area contributed by atoms with Crippen LogP contribution in [0.5, 0.6) is 0 Å². The van der Waals surface area contributed by atoms with Crippen molar-refractivity contribution < 1.29 is 18.8 Å². The van der Waals surface area contributed by atoms with Crippen LogP contribution in [0.15, 0.2) is 40.9 Å². The van der Waals surface area contributed by atoms with Gasteiger partial charge in [-0.1, -0.05) is 49.3 Å². The third-order valence-corrected chi connectivity index (χ3v) is 4.62. The molecule has 0 bridgehead atoms. The van der Waals surface area contributed by atoms with Crippen molar-refractivity contribution in [2.75, 3.05) is 26.3 Å². The Morgan fingerprint density at radius 2 is 1.89 bits per heavy atom. The molecule has 2 aromatic rings. The van der Waals surface area contributed by atoms with Crippen LogP contribution in [0.4, 0.5) is 0 Å². The van der Waals surface area contributed by atoms with Crippen LogP contribution < -0.4 is 5.32 Å². The maximum atomic E-state index is 12.8. The van der Waals surface area contributed by atoms with Crippen LogP contribution in [0, 0.1) is 5.92 Å². The van der Waals surface area contributed by atoms with Crippen LogP contribution in [0.1, 0.15) is 26.0 Å². The molecule has 1 atom stereocenters. The Hall–Kier alpha value is -2.67. The lowest BCUT2D eigenvalue weighted by atomic mass is 10.0. The summed E-state index contributed by atoms with van der Waals surface area (Å²) in [6.07, 6.45) is 0.664. The molecule has 2 heterocycles. The number of rotatable bonds is 7. The fourth-order valence-electron chi connectivity index (χ4n) is 3.24. The SMILES string of the molecule is CC(C)C[C@@H](NC(=O)Cc1cc(-c2ccccc2)on1)C(=O)N1CCOCC1. The molecule has 0 spiro atoms. The molecule has 0 unspecified atom stereocenters. The van der Waals surface area contributed by atoms with Crippen molar-refractivity contribution in [2.24, 2.45) is 5.92 Å². The molecule has 3 rings (SSSR count). The third-order valence-electron chi connectivity index (χ3n) is 4.62. The molecular formula is C21H27N3O4. The summed E-state index contributed by atoms with van der Waals surface area (Å²) in [5, 5.41) is 6.88. The van der Waals surface area contributed by atoms with Gasteiger partial charge in [-0.25, -0.2) is 0 Å². The number of carbonyl (C=O) groups excluding carboxylic acids is 2. The first-order chi connectivity index (χ1) is 13.5. The second-order valence-corrected chi connectivity index (χ2v) is 7.41. The van der Waals surface area contributed by atoms with Crippen LogP contribution in [0.3, 0.4) is 0 Å². The lowest BCUT2D eigenvalue weighted by Crippen LogP contribution is -2.52. The van der Waals surface area contributed by atoms with Crippen LogP contribution in [0.25, 0.3) is 11.3 Å². The van der Waals surface area contributed by atoms with Crippen molar-refractivity contribution in [3.8, 4) is 11.3 Å². The van der Waals surface area contributed by atoms with Crippen LogP contribution in [0.2, 0.25) is 0 Å². The lowest BCUT2D eigenvalue weighted by molar-refractivity contribution is -0.140. The molecule has 1 saturated heterocycles. The van der Waals surface area contributed by atoms with E-state index in [1.807, 2.05) is 44.2 Å². The van der Waals surface area contributed by atoms with E-state index in [4.69, 9.17) is 9.26 Å². The number of hydrogen-bond acceptors (Lipinski definition) is 5. The van der Waals surface area contributed by atoms with Crippen molar-refractivity contribution in [2.45, 2.75) is 32.7 Å². The van der Waals surface area contributed by atoms with E-state index in [2.05, 4.69) is 10.5 Å². The quantitative estimate of drug-likeness (QED) is 0.790. The zero-order valence-corrected chi connectivity index (χ0v) is 16.4. The summed E-state index contributed by atoms with van der Waals surface area (Å²) in [5.74, 6) is 0.620. The number of carbonyl (C=O) groups is 2. The number of nitrogens with one attached hydrogen (secondary N) is 1. The molecule has 7 heteroatoms. The minimum absolute atomic E-state index is 0.0459. The second kappa shape index (κ2) is 9.50. The normalized spacial score (nSPS) is 15.5. The smallest absolute Gasteiger partial charge is 0.245 e. The van der Waals surface area contributed by atoms with E-state index >= 15 is 0 Å². The van der Waals surface area contributed by atoms with Gasteiger partial charge < -0.3 is 19.5 Å². The molecule has 7 nitrogen and oxygen atoms in total. The highest BCUT2D eigenvalue weighted by Crippen LogP contribution is 2.20. The summed E-state index contributed by atoms with van der Waals surface area (Å²) >= 11 is 0. The molecule has 1 aliphatic rings. The average molecular weight is 385 g/mol. The predicted octanol–water partition coefficient (Wildman–Crippen LogP) is 2.27. The summed E-state index contributed by atoms with van der Waals surface area (Å²) < 4.78 is 10.7. The Morgan fingerprint density at radius 3 is 2.57 bits per heavy atom. The Balaban J connectivity index is 1.62. The predicted molar refractivity (Wildman–Crippen MR) is 104 cm³/mol. The van der Waals surface area contributed by atoms with Crippen LogP contribution >= 0.6 is 0 Å². The molecule has 1 aromatic heterocycles. The highest BCUT2D eigenvalue weighted by atomic mass is 16.5. The van der Waals surface area contributed by atoms with E-state index < -0.39 is 6.04 Å². The third kappa shape index (κ3) is 5.42. The van der Waals surface area contributed by atoms with Gasteiger partial charge in [0.2, 0.25) is 11.8 Å². The van der Waals surface area contributed by atoms with Crippen molar-refractivity contribution >= 4 is 11.8 Å². The summed E-state index contributed by atoms with van der Waals surface area (Å²) in [5.41, 5.74) is 1.44. The number of ether oxygens (including phenoxy) is 1. The van der Waals surface area contributed by atoms with E-state index in [0.717, 1.165) is 5.56 Å². The first-order valence-electron chi connectivity index (χ1n) is 9.70. The zero-order valence-electron chi connectivity index (χ0n) is 16.4. The van der Waals surface area contributed by atoms with Gasteiger partial charge in [0.05, 0.1) is 25.3 Å². The molecule has 0 aliphatic carbocycles. The van der Waals surface area contributed by atoms with Crippen LogP contribution in [-0.4, -0.2) is 54.2 Å². The van der Waals surface area contributed by atoms with Crippen molar-refractivity contribution in [3.05, 3.63) is 42.1 Å². The highest BCUT2D eigenvalue weighted by Gasteiger charge is 2.28. The Kier molecular flexibility index (Phi) is 6.81. The Bertz CT molecular complexity index is 782. The van der Waals surface area contributed by atoms with Gasteiger partial charge in [0.1, 0.15) is 6.04 Å². The number of benzene rings is 1. The largest absolute Gasteiger partial charge is 0.378 e. The fourth-order valence-corrected chi connectivity index (χ4v) is 3.24. The van der Waals surface area contributed by atoms with E-state index in [-0.39, 0.29) is 24.2 Å². The Morgan fingerprint density at radius 1 is 1.18 bits per heavy atom. The monoisotopic (exact) mass is 385 g/mol. The minimum atomic E-state index is -0.536. The molecule has 0 radical (unpaired) electrons. The van der Waals surface area contributed by atoms with Crippen molar-refractivity contribution in [1.29, 1.82) is 0 Å². The van der Waals surface area contributed by atoms with Crippen molar-refractivity contribution in [1.82, 2.24) is 15.4 Å². The van der Waals surface area contributed by atoms with Gasteiger partial charge in [-0.3, -0.25) is 9.59 Å². The standard InChI is InChI=1S/C21H27N3O4/c1-15(2)12-18(21(26)24-8-10-27-11-9-24)22-20(25)14-17-13-19(28-23-17)16-6-4-3-5-7-16/h3-7,13,15,18H,8-12,14H2,1-2H3,(H,22,25)/t18-/m1/s1. The summed E-state index contributed by atoms with van der Waals surface area (Å²) in [6, 6.07) is 10.8. The molecule has 1 aliphatic heterocycles. The van der Waals surface area contributed by atoms with Gasteiger partial charge in [-0.05, 0) is 12.3 Å². The summed E-state index contributed by atoms with van der Waals surface area (Å²) in [4.78, 5) is 27.1. The van der Waals surface area contributed by atoms with Gasteiger partial charge in [0.15, 0.2) is 5.76 Å². The first kappa shape index (κ1) is 20.1. The second-order valence-electron chi connectivity index (χ2n) is 7.41. The molecule has 1 fully saturated rings. The Labute approximate surface area is 165 Å². The topological polar surface area (TPSA) is 84.7 Å². The number of morpholine rings is 1. The van der Waals surface area contributed by atoms with E-state index in [9.17, 15) is 9.59 Å². The van der Waals surface area contributed by atoms with E-state index in [1.165, 1.54) is 0 Å². The number of amides is 2. The van der Waals surface area contributed by atoms with Gasteiger partial charge in [0, 0.05) is 24.7 Å². The first-order valence-corrected chi connectivity index (χ1v) is 9.70. The average Bonchev–Trinajstić information content (AvgIpc) is 3.16. The van der Waals surface area contributed by atoms with Gasteiger partial charge in [-0.15, -0.1) is 0 Å². The maximum absolute atomic E-state index is 12.8. The zero-order chi connectivity index (χ0) is 19.9. The van der Waals surface area contributed by atoms with Gasteiger partial charge in [-0.2, -0.15) is 0 Å². The van der Waals surface area contributed by atoms with Gasteiger partial charge in [0.25, 0.3) is 0 Å². The number of aromatic nitrogens is 1. The van der Waals surface area contributed by atoms with E-state index in [1.54, 1.807) is 11.0 Å². The maximum Gasteiger partial charge on any atom is 0.245 e. The van der Waals surface area contributed by atoms with Crippen molar-refractivity contribution in [3.63, 3.8) is 0 Å². The molecule has 28 heavy (non-hydrogen) atoms.